The average Bonchev–Trinajstić information content (AvgIpc) is 2.53. The summed E-state index contributed by atoms with van der Waals surface area (Å²) in [6.07, 6.45) is 5.96. The highest BCUT2D eigenvalue weighted by atomic mass is 16.5. The van der Waals surface area contributed by atoms with Crippen molar-refractivity contribution in [3.8, 4) is 0 Å². The molecule has 5 heteroatoms. The average molecular weight is 305 g/mol. The van der Waals surface area contributed by atoms with E-state index in [2.05, 4.69) is 10.6 Å². The molecule has 0 unspecified atom stereocenters. The van der Waals surface area contributed by atoms with Crippen molar-refractivity contribution in [1.82, 2.24) is 5.32 Å². The summed E-state index contributed by atoms with van der Waals surface area (Å²) in [5.41, 5.74) is 1.81. The third-order valence-corrected chi connectivity index (χ3v) is 3.90. The molecule has 1 saturated heterocycles. The molecular weight excluding hydrogens is 278 g/mol. The minimum Gasteiger partial charge on any atom is -0.378 e. The lowest BCUT2D eigenvalue weighted by Gasteiger charge is -2.22. The summed E-state index contributed by atoms with van der Waals surface area (Å²) < 4.78 is 5.69. The number of hydrogen-bond acceptors (Lipinski definition) is 3. The van der Waals surface area contributed by atoms with E-state index < -0.39 is 0 Å². The molecule has 1 heterocycles. The van der Waals surface area contributed by atoms with Crippen LogP contribution in [0.5, 0.6) is 0 Å². The molecule has 1 atom stereocenters. The Morgan fingerprint density at radius 3 is 2.86 bits per heavy atom. The fourth-order valence-electron chi connectivity index (χ4n) is 2.70. The van der Waals surface area contributed by atoms with Gasteiger partial charge < -0.3 is 20.3 Å². The van der Waals surface area contributed by atoms with E-state index in [1.54, 1.807) is 0 Å². The fraction of sp³-hybridized carbons (Fsp3) is 0.588. The zero-order chi connectivity index (χ0) is 15.8. The van der Waals surface area contributed by atoms with Gasteiger partial charge in [-0.2, -0.15) is 0 Å². The lowest BCUT2D eigenvalue weighted by molar-refractivity contribution is 0.0103. The van der Waals surface area contributed by atoms with Gasteiger partial charge in [0.1, 0.15) is 0 Å². The predicted octanol–water partition coefficient (Wildman–Crippen LogP) is 3.22. The maximum atomic E-state index is 12.0. The van der Waals surface area contributed by atoms with Crippen LogP contribution in [0.3, 0.4) is 0 Å². The number of hydrogen-bond donors (Lipinski definition) is 2. The highest BCUT2D eigenvalue weighted by Crippen LogP contribution is 2.23. The number of carbonyl (C=O) groups excluding carboxylic acids is 1. The Morgan fingerprint density at radius 2 is 2.14 bits per heavy atom. The molecule has 1 fully saturated rings. The van der Waals surface area contributed by atoms with Crippen molar-refractivity contribution < 1.29 is 9.53 Å². The van der Waals surface area contributed by atoms with Gasteiger partial charge in [-0.3, -0.25) is 0 Å². The van der Waals surface area contributed by atoms with Gasteiger partial charge in [-0.25, -0.2) is 4.79 Å². The van der Waals surface area contributed by atoms with Crippen molar-refractivity contribution in [2.24, 2.45) is 0 Å². The number of carbonyl (C=O) groups is 1. The maximum absolute atomic E-state index is 12.0. The van der Waals surface area contributed by atoms with Crippen molar-refractivity contribution in [2.75, 3.05) is 37.5 Å². The van der Waals surface area contributed by atoms with Gasteiger partial charge in [-0.1, -0.05) is 12.1 Å². The molecule has 0 bridgehead atoms. The third-order valence-electron chi connectivity index (χ3n) is 3.90. The number of para-hydroxylation sites is 2. The van der Waals surface area contributed by atoms with E-state index in [1.165, 1.54) is 12.8 Å². The number of nitrogens with zero attached hydrogens (tertiary/aromatic N) is 1. The molecule has 2 amide bonds. The number of benzene rings is 1. The van der Waals surface area contributed by atoms with Crippen LogP contribution in [0.25, 0.3) is 0 Å². The van der Waals surface area contributed by atoms with Gasteiger partial charge in [0, 0.05) is 27.2 Å². The molecule has 1 aliphatic rings. The second-order valence-corrected chi connectivity index (χ2v) is 5.92. The normalized spacial score (nSPS) is 17.8. The molecule has 122 valence electrons. The van der Waals surface area contributed by atoms with Gasteiger partial charge >= 0.3 is 6.03 Å². The van der Waals surface area contributed by atoms with E-state index in [0.717, 1.165) is 37.2 Å². The SMILES string of the molecule is CN(C)c1ccccc1NC(=O)NCCC[C@@H]1CCCCO1. The number of anilines is 2. The predicted molar refractivity (Wildman–Crippen MR) is 90.6 cm³/mol. The molecule has 1 aliphatic heterocycles. The van der Waals surface area contributed by atoms with E-state index in [9.17, 15) is 4.79 Å². The summed E-state index contributed by atoms with van der Waals surface area (Å²) in [6.45, 7) is 1.57. The molecule has 5 nitrogen and oxygen atoms in total. The fourth-order valence-corrected chi connectivity index (χ4v) is 2.70. The van der Waals surface area contributed by atoms with Crippen LogP contribution in [0.4, 0.5) is 16.2 Å². The molecular formula is C17H27N3O2. The summed E-state index contributed by atoms with van der Waals surface area (Å²) in [6, 6.07) is 7.62. The van der Waals surface area contributed by atoms with Crippen LogP contribution in [-0.2, 0) is 4.74 Å². The molecule has 1 aromatic carbocycles. The van der Waals surface area contributed by atoms with Crippen molar-refractivity contribution >= 4 is 17.4 Å². The first-order chi connectivity index (χ1) is 10.7. The van der Waals surface area contributed by atoms with Crippen molar-refractivity contribution in [2.45, 2.75) is 38.2 Å². The van der Waals surface area contributed by atoms with Gasteiger partial charge in [0.25, 0.3) is 0 Å². The first-order valence-corrected chi connectivity index (χ1v) is 8.09. The Morgan fingerprint density at radius 1 is 1.32 bits per heavy atom. The highest BCUT2D eigenvalue weighted by Gasteiger charge is 2.13. The number of nitrogens with one attached hydrogen (secondary N) is 2. The number of ether oxygens (including phenoxy) is 1. The minimum absolute atomic E-state index is 0.154. The molecule has 22 heavy (non-hydrogen) atoms. The van der Waals surface area contributed by atoms with E-state index in [-0.39, 0.29) is 6.03 Å². The summed E-state index contributed by atoms with van der Waals surface area (Å²) in [7, 11) is 3.92. The smallest absolute Gasteiger partial charge is 0.319 e. The first-order valence-electron chi connectivity index (χ1n) is 8.09. The zero-order valence-corrected chi connectivity index (χ0v) is 13.6. The Labute approximate surface area is 133 Å². The van der Waals surface area contributed by atoms with Crippen LogP contribution in [0.15, 0.2) is 24.3 Å². The first kappa shape index (κ1) is 16.6. The number of urea groups is 1. The summed E-state index contributed by atoms with van der Waals surface area (Å²) in [5.74, 6) is 0. The molecule has 0 aromatic heterocycles. The third kappa shape index (κ3) is 5.22. The van der Waals surface area contributed by atoms with Crippen LogP contribution in [0.1, 0.15) is 32.1 Å². The quantitative estimate of drug-likeness (QED) is 0.793. The van der Waals surface area contributed by atoms with Crippen LogP contribution >= 0.6 is 0 Å². The van der Waals surface area contributed by atoms with Crippen LogP contribution in [-0.4, -0.2) is 39.4 Å². The van der Waals surface area contributed by atoms with Gasteiger partial charge in [0.05, 0.1) is 17.5 Å². The van der Waals surface area contributed by atoms with E-state index in [1.807, 2.05) is 43.3 Å². The van der Waals surface area contributed by atoms with Gasteiger partial charge in [0.2, 0.25) is 0 Å². The minimum atomic E-state index is -0.154. The summed E-state index contributed by atoms with van der Waals surface area (Å²) in [5, 5.41) is 5.82. The van der Waals surface area contributed by atoms with Crippen molar-refractivity contribution in [3.63, 3.8) is 0 Å². The highest BCUT2D eigenvalue weighted by molar-refractivity contribution is 5.93. The lowest BCUT2D eigenvalue weighted by Crippen LogP contribution is -2.31. The van der Waals surface area contributed by atoms with Crippen molar-refractivity contribution in [3.05, 3.63) is 24.3 Å². The largest absolute Gasteiger partial charge is 0.378 e. The Balaban J connectivity index is 1.69. The molecule has 0 radical (unpaired) electrons. The molecule has 0 saturated carbocycles. The van der Waals surface area contributed by atoms with Gasteiger partial charge in [0.15, 0.2) is 0 Å². The maximum Gasteiger partial charge on any atom is 0.319 e. The second kappa shape index (κ2) is 8.63. The molecule has 2 N–H and O–H groups in total. The van der Waals surface area contributed by atoms with Crippen LogP contribution in [0.2, 0.25) is 0 Å². The van der Waals surface area contributed by atoms with Gasteiger partial charge in [-0.15, -0.1) is 0 Å². The second-order valence-electron chi connectivity index (χ2n) is 5.92. The Kier molecular flexibility index (Phi) is 6.52. The van der Waals surface area contributed by atoms with Crippen LogP contribution in [0, 0.1) is 0 Å². The summed E-state index contributed by atoms with van der Waals surface area (Å²) in [4.78, 5) is 13.9. The van der Waals surface area contributed by atoms with E-state index >= 15 is 0 Å². The van der Waals surface area contributed by atoms with E-state index in [0.29, 0.717) is 12.6 Å². The topological polar surface area (TPSA) is 53.6 Å². The zero-order valence-electron chi connectivity index (χ0n) is 13.6. The van der Waals surface area contributed by atoms with Gasteiger partial charge in [-0.05, 0) is 44.2 Å². The molecule has 1 aromatic rings. The lowest BCUT2D eigenvalue weighted by atomic mass is 10.0. The summed E-state index contributed by atoms with van der Waals surface area (Å²) >= 11 is 0. The number of rotatable bonds is 6. The standard InChI is InChI=1S/C17H27N3O2/c1-20(2)16-11-4-3-10-15(16)19-17(21)18-12-7-9-14-8-5-6-13-22-14/h3-4,10-11,14H,5-9,12-13H2,1-2H3,(H2,18,19,21)/t14-/m0/s1. The molecule has 0 spiro atoms. The Hall–Kier alpha value is -1.75. The number of amides is 2. The van der Waals surface area contributed by atoms with E-state index in [4.69, 9.17) is 4.74 Å². The molecule has 0 aliphatic carbocycles. The molecule has 2 rings (SSSR count). The van der Waals surface area contributed by atoms with Crippen molar-refractivity contribution in [1.29, 1.82) is 0 Å². The monoisotopic (exact) mass is 305 g/mol. The Bertz CT molecular complexity index is 471. The van der Waals surface area contributed by atoms with Crippen LogP contribution < -0.4 is 15.5 Å².